The third kappa shape index (κ3) is 3.01. The van der Waals surface area contributed by atoms with Crippen LogP contribution in [0.2, 0.25) is 0 Å². The zero-order chi connectivity index (χ0) is 22.6. The van der Waals surface area contributed by atoms with Crippen molar-refractivity contribution in [3.63, 3.8) is 0 Å². The van der Waals surface area contributed by atoms with Gasteiger partial charge in [-0.2, -0.15) is 0 Å². The molecule has 0 saturated carbocycles. The Kier molecular flexibility index (Phi) is 4.39. The second-order valence-electron chi connectivity index (χ2n) is 8.66. The molecule has 2 unspecified atom stereocenters. The number of thiophene rings is 1. The molecule has 7 rings (SSSR count). The van der Waals surface area contributed by atoms with Crippen LogP contribution in [-0.4, -0.2) is 12.8 Å². The first-order chi connectivity index (χ1) is 16.8. The Morgan fingerprint density at radius 2 is 1.59 bits per heavy atom. The molecule has 1 aliphatic carbocycles. The highest BCUT2D eigenvalue weighted by Crippen LogP contribution is 2.48. The Morgan fingerprint density at radius 3 is 2.47 bits per heavy atom. The molecule has 0 radical (unpaired) electrons. The third-order valence-corrected chi connectivity index (χ3v) is 9.05. The van der Waals surface area contributed by atoms with Crippen LogP contribution in [-0.2, 0) is 11.2 Å². The number of carbonyl (C=O) groups is 1. The molecule has 0 spiro atoms. The van der Waals surface area contributed by atoms with E-state index in [1.54, 1.807) is 0 Å². The van der Waals surface area contributed by atoms with E-state index in [1.165, 1.54) is 19.7 Å². The van der Waals surface area contributed by atoms with Crippen molar-refractivity contribution in [3.05, 3.63) is 102 Å². The van der Waals surface area contributed by atoms with E-state index in [0.717, 1.165) is 40.9 Å². The minimum absolute atomic E-state index is 0.174. The number of ether oxygens (including phenoxy) is 3. The van der Waals surface area contributed by atoms with Crippen molar-refractivity contribution in [3.8, 4) is 16.4 Å². The van der Waals surface area contributed by atoms with Gasteiger partial charge >= 0.3 is 5.97 Å². The summed E-state index contributed by atoms with van der Waals surface area (Å²) in [5.41, 5.74) is 2.77. The van der Waals surface area contributed by atoms with E-state index < -0.39 is 0 Å². The standard InChI is InChI=1S/C29H21O4S/c30-29(33-24-12-10-18-15-25-26(16-22(18)24)32-17-31-25)19-11-13-28-23(14-19)21-8-4-5-9-27(21)34(28)20-6-2-1-3-7-20/h1-9,11,13-16,24H,10,12,17H2/q+1. The van der Waals surface area contributed by atoms with Crippen LogP contribution in [0.5, 0.6) is 11.5 Å². The fourth-order valence-electron chi connectivity index (χ4n) is 5.12. The summed E-state index contributed by atoms with van der Waals surface area (Å²) in [7, 11) is -0.174. The molecule has 1 aliphatic heterocycles. The van der Waals surface area contributed by atoms with Crippen LogP contribution in [0.4, 0.5) is 0 Å². The Morgan fingerprint density at radius 1 is 0.824 bits per heavy atom. The van der Waals surface area contributed by atoms with E-state index in [9.17, 15) is 4.79 Å². The summed E-state index contributed by atoms with van der Waals surface area (Å²) in [5.74, 6) is 1.21. The summed E-state index contributed by atoms with van der Waals surface area (Å²) in [6.07, 6.45) is 1.37. The molecule has 0 N–H and O–H groups in total. The SMILES string of the molecule is O=C(OC1CCc2cc3c(cc21)OCO3)c1ccc2c(c1)c1ccccc1[s+]2-c1ccccc1. The molecular weight excluding hydrogens is 444 g/mol. The molecule has 5 heteroatoms. The molecule has 1 aromatic heterocycles. The molecule has 166 valence electrons. The van der Waals surface area contributed by atoms with Crippen molar-refractivity contribution in [2.45, 2.75) is 18.9 Å². The number of hydrogen-bond donors (Lipinski definition) is 0. The van der Waals surface area contributed by atoms with Gasteiger partial charge in [-0.25, -0.2) is 4.79 Å². The first kappa shape index (κ1) is 19.6. The van der Waals surface area contributed by atoms with E-state index in [0.29, 0.717) is 5.56 Å². The zero-order valence-corrected chi connectivity index (χ0v) is 19.1. The maximum absolute atomic E-state index is 13.2. The third-order valence-electron chi connectivity index (χ3n) is 6.72. The summed E-state index contributed by atoms with van der Waals surface area (Å²) in [6, 6.07) is 29.1. The summed E-state index contributed by atoms with van der Waals surface area (Å²) >= 11 is 0. The predicted molar refractivity (Wildman–Crippen MR) is 134 cm³/mol. The zero-order valence-electron chi connectivity index (χ0n) is 18.3. The number of esters is 1. The lowest BCUT2D eigenvalue weighted by molar-refractivity contribution is 0.0301. The minimum atomic E-state index is -0.290. The normalized spacial score (nSPS) is 16.7. The van der Waals surface area contributed by atoms with Gasteiger partial charge in [-0.1, -0.05) is 30.3 Å². The maximum atomic E-state index is 13.2. The van der Waals surface area contributed by atoms with Gasteiger partial charge in [0, 0.05) is 21.2 Å². The van der Waals surface area contributed by atoms with Gasteiger partial charge in [-0.05, 0) is 78.6 Å². The maximum Gasteiger partial charge on any atom is 0.338 e. The quantitative estimate of drug-likeness (QED) is 0.207. The molecule has 4 aromatic carbocycles. The summed E-state index contributed by atoms with van der Waals surface area (Å²) in [5, 5.41) is 2.31. The smallest absolute Gasteiger partial charge is 0.338 e. The summed E-state index contributed by atoms with van der Waals surface area (Å²) < 4.78 is 19.6. The molecule has 34 heavy (non-hydrogen) atoms. The minimum Gasteiger partial charge on any atom is -0.454 e. The molecule has 0 amide bonds. The fourth-order valence-corrected chi connectivity index (χ4v) is 7.50. The topological polar surface area (TPSA) is 44.8 Å². The first-order valence-electron chi connectivity index (χ1n) is 11.4. The van der Waals surface area contributed by atoms with E-state index in [-0.39, 0.29) is 29.3 Å². The molecule has 2 atom stereocenters. The Balaban J connectivity index is 1.26. The van der Waals surface area contributed by atoms with Crippen LogP contribution >= 0.6 is 10.5 Å². The number of benzene rings is 4. The predicted octanol–water partition coefficient (Wildman–Crippen LogP) is 7.30. The largest absolute Gasteiger partial charge is 0.454 e. The van der Waals surface area contributed by atoms with Crippen LogP contribution in [0.3, 0.4) is 0 Å². The molecule has 5 aromatic rings. The molecule has 0 saturated heterocycles. The highest BCUT2D eigenvalue weighted by Gasteiger charge is 2.30. The van der Waals surface area contributed by atoms with Gasteiger partial charge in [0.15, 0.2) is 25.8 Å². The van der Waals surface area contributed by atoms with Gasteiger partial charge in [0.05, 0.1) is 5.56 Å². The molecular formula is C29H21O4S+. The van der Waals surface area contributed by atoms with E-state index in [2.05, 4.69) is 54.6 Å². The van der Waals surface area contributed by atoms with Crippen molar-refractivity contribution in [1.29, 1.82) is 0 Å². The second kappa shape index (κ2) is 7.61. The van der Waals surface area contributed by atoms with Crippen molar-refractivity contribution < 1.29 is 19.0 Å². The van der Waals surface area contributed by atoms with Crippen molar-refractivity contribution in [2.75, 3.05) is 6.79 Å². The summed E-state index contributed by atoms with van der Waals surface area (Å²) in [6.45, 7) is 0.240. The highest BCUT2D eigenvalue weighted by molar-refractivity contribution is 7.50. The van der Waals surface area contributed by atoms with Gasteiger partial charge in [0.25, 0.3) is 0 Å². The summed E-state index contributed by atoms with van der Waals surface area (Å²) in [4.78, 5) is 14.5. The monoisotopic (exact) mass is 465 g/mol. The van der Waals surface area contributed by atoms with Gasteiger partial charge in [0.2, 0.25) is 6.79 Å². The Hall–Kier alpha value is -3.83. The van der Waals surface area contributed by atoms with Crippen molar-refractivity contribution in [1.82, 2.24) is 0 Å². The average Bonchev–Trinajstić information content (AvgIpc) is 3.58. The second-order valence-corrected chi connectivity index (χ2v) is 10.6. The van der Waals surface area contributed by atoms with E-state index in [1.807, 2.05) is 30.3 Å². The lowest BCUT2D eigenvalue weighted by Crippen LogP contribution is -2.09. The van der Waals surface area contributed by atoms with Gasteiger partial charge < -0.3 is 14.2 Å². The van der Waals surface area contributed by atoms with Crippen molar-refractivity contribution >= 4 is 36.6 Å². The van der Waals surface area contributed by atoms with Gasteiger partial charge in [0.1, 0.15) is 6.10 Å². The lowest BCUT2D eigenvalue weighted by Gasteiger charge is -2.14. The molecule has 2 heterocycles. The number of rotatable bonds is 3. The Labute approximate surface area is 199 Å². The number of fused-ring (bicyclic) bond motifs is 5. The van der Waals surface area contributed by atoms with Crippen LogP contribution < -0.4 is 9.47 Å². The molecule has 0 fully saturated rings. The lowest BCUT2D eigenvalue weighted by atomic mass is 10.1. The van der Waals surface area contributed by atoms with Crippen LogP contribution in [0.25, 0.3) is 25.1 Å². The van der Waals surface area contributed by atoms with Gasteiger partial charge in [-0.15, -0.1) is 0 Å². The number of hydrogen-bond acceptors (Lipinski definition) is 4. The molecule has 4 nitrogen and oxygen atoms in total. The first-order valence-corrected chi connectivity index (χ1v) is 12.6. The van der Waals surface area contributed by atoms with E-state index in [4.69, 9.17) is 14.2 Å². The van der Waals surface area contributed by atoms with Crippen LogP contribution in [0.15, 0.2) is 84.9 Å². The molecule has 0 bridgehead atoms. The molecule has 2 aliphatic rings. The van der Waals surface area contributed by atoms with Crippen LogP contribution in [0.1, 0.15) is 34.0 Å². The van der Waals surface area contributed by atoms with Crippen LogP contribution in [0, 0.1) is 0 Å². The number of aryl methyl sites for hydroxylation is 1. The Bertz CT molecular complexity index is 1580. The number of carbonyl (C=O) groups excluding carboxylic acids is 1. The fraction of sp³-hybridized carbons (Fsp3) is 0.138. The van der Waals surface area contributed by atoms with Gasteiger partial charge in [-0.3, -0.25) is 0 Å². The van der Waals surface area contributed by atoms with E-state index >= 15 is 0 Å². The highest BCUT2D eigenvalue weighted by atomic mass is 32.2. The average molecular weight is 466 g/mol. The van der Waals surface area contributed by atoms with Crippen molar-refractivity contribution in [2.24, 2.45) is 0 Å².